The Morgan fingerprint density at radius 3 is 2.61 bits per heavy atom. The summed E-state index contributed by atoms with van der Waals surface area (Å²) in [6, 6.07) is 3.85. The number of tetrazole rings is 1. The minimum Gasteiger partial charge on any atom is -0.325 e. The van der Waals surface area contributed by atoms with Gasteiger partial charge < -0.3 is 5.73 Å². The molecule has 0 aliphatic carbocycles. The van der Waals surface area contributed by atoms with Gasteiger partial charge in [-0.2, -0.15) is 4.80 Å². The van der Waals surface area contributed by atoms with Crippen molar-refractivity contribution in [2.24, 2.45) is 12.8 Å². The summed E-state index contributed by atoms with van der Waals surface area (Å²) in [6.45, 7) is -0.0331. The van der Waals surface area contributed by atoms with E-state index in [1.807, 2.05) is 0 Å². The standard InChI is InChI=1S/C14H11ClF2N6/c1-23-21-14(20-22-23)13-9(3-8(15)4-11(13)17)7-2-10(16)12(5-18)19-6-7/h2-4,6H,5,18H2,1H3. The van der Waals surface area contributed by atoms with Crippen molar-refractivity contribution in [2.45, 2.75) is 6.54 Å². The second-order valence-electron chi connectivity index (χ2n) is 4.77. The van der Waals surface area contributed by atoms with Crippen LogP contribution in [0.1, 0.15) is 5.69 Å². The second kappa shape index (κ2) is 5.98. The molecule has 2 aromatic heterocycles. The SMILES string of the molecule is Cn1nnc(-c2c(F)cc(Cl)cc2-c2cnc(CN)c(F)c2)n1. The first kappa shape index (κ1) is 15.4. The van der Waals surface area contributed by atoms with E-state index in [1.54, 1.807) is 7.05 Å². The maximum absolute atomic E-state index is 14.4. The maximum atomic E-state index is 14.4. The Hall–Kier alpha value is -2.45. The number of aryl methyl sites for hydroxylation is 1. The molecular formula is C14H11ClF2N6. The normalized spacial score (nSPS) is 11.0. The zero-order valence-electron chi connectivity index (χ0n) is 12.0. The lowest BCUT2D eigenvalue weighted by Gasteiger charge is -2.10. The van der Waals surface area contributed by atoms with Gasteiger partial charge in [-0.1, -0.05) is 11.6 Å². The lowest BCUT2D eigenvalue weighted by Crippen LogP contribution is -2.03. The van der Waals surface area contributed by atoms with Crippen molar-refractivity contribution < 1.29 is 8.78 Å². The lowest BCUT2D eigenvalue weighted by molar-refractivity contribution is 0.600. The molecule has 0 spiro atoms. The summed E-state index contributed by atoms with van der Waals surface area (Å²) in [5, 5.41) is 11.6. The van der Waals surface area contributed by atoms with Gasteiger partial charge in [-0.3, -0.25) is 4.98 Å². The summed E-state index contributed by atoms with van der Waals surface area (Å²) in [7, 11) is 1.56. The van der Waals surface area contributed by atoms with Crippen molar-refractivity contribution >= 4 is 11.6 Å². The number of nitrogens with two attached hydrogens (primary N) is 1. The minimum atomic E-state index is -0.635. The number of pyridine rings is 1. The third kappa shape index (κ3) is 2.90. The number of hydrogen-bond donors (Lipinski definition) is 1. The molecule has 2 N–H and O–H groups in total. The van der Waals surface area contributed by atoms with Crippen LogP contribution in [-0.2, 0) is 13.6 Å². The molecule has 0 radical (unpaired) electrons. The number of rotatable bonds is 3. The minimum absolute atomic E-state index is 0.0331. The number of hydrogen-bond acceptors (Lipinski definition) is 5. The zero-order valence-corrected chi connectivity index (χ0v) is 12.7. The van der Waals surface area contributed by atoms with Crippen LogP contribution >= 0.6 is 11.6 Å². The van der Waals surface area contributed by atoms with Gasteiger partial charge in [0.05, 0.1) is 18.3 Å². The third-order valence-electron chi connectivity index (χ3n) is 3.21. The van der Waals surface area contributed by atoms with E-state index in [4.69, 9.17) is 17.3 Å². The number of halogens is 3. The molecule has 9 heteroatoms. The van der Waals surface area contributed by atoms with Gasteiger partial charge in [0.15, 0.2) is 0 Å². The molecule has 0 aliphatic heterocycles. The molecule has 118 valence electrons. The summed E-state index contributed by atoms with van der Waals surface area (Å²) in [6.07, 6.45) is 1.40. The van der Waals surface area contributed by atoms with Gasteiger partial charge >= 0.3 is 0 Å². The molecule has 0 saturated heterocycles. The smallest absolute Gasteiger partial charge is 0.208 e. The number of aromatic nitrogens is 5. The molecule has 3 rings (SSSR count). The van der Waals surface area contributed by atoms with Crippen LogP contribution in [0.25, 0.3) is 22.5 Å². The average molecular weight is 337 g/mol. The average Bonchev–Trinajstić information content (AvgIpc) is 2.92. The van der Waals surface area contributed by atoms with E-state index in [1.165, 1.54) is 23.1 Å². The predicted molar refractivity (Wildman–Crippen MR) is 80.3 cm³/mol. The van der Waals surface area contributed by atoms with Gasteiger partial charge in [0.1, 0.15) is 11.6 Å². The summed E-state index contributed by atoms with van der Waals surface area (Å²) in [4.78, 5) is 5.14. The third-order valence-corrected chi connectivity index (χ3v) is 3.43. The molecule has 6 nitrogen and oxygen atoms in total. The molecule has 0 bridgehead atoms. The lowest BCUT2D eigenvalue weighted by atomic mass is 9.99. The van der Waals surface area contributed by atoms with Crippen LogP contribution in [0, 0.1) is 11.6 Å². The molecule has 0 fully saturated rings. The molecule has 1 aromatic carbocycles. The molecule has 3 aromatic rings. The van der Waals surface area contributed by atoms with E-state index < -0.39 is 11.6 Å². The number of nitrogens with zero attached hydrogens (tertiary/aromatic N) is 5. The van der Waals surface area contributed by atoms with Gasteiger partial charge in [-0.05, 0) is 29.0 Å². The Balaban J connectivity index is 2.24. The molecular weight excluding hydrogens is 326 g/mol. The van der Waals surface area contributed by atoms with Gasteiger partial charge in [0, 0.05) is 23.3 Å². The highest BCUT2D eigenvalue weighted by atomic mass is 35.5. The first-order chi connectivity index (χ1) is 11.0. The van der Waals surface area contributed by atoms with Gasteiger partial charge in [0.25, 0.3) is 0 Å². The molecule has 0 amide bonds. The van der Waals surface area contributed by atoms with E-state index >= 15 is 0 Å². The highest BCUT2D eigenvalue weighted by molar-refractivity contribution is 6.31. The fourth-order valence-corrected chi connectivity index (χ4v) is 2.38. The Kier molecular flexibility index (Phi) is 4.01. The quantitative estimate of drug-likeness (QED) is 0.793. The van der Waals surface area contributed by atoms with Crippen LogP contribution < -0.4 is 5.73 Å². The number of benzene rings is 1. The van der Waals surface area contributed by atoms with Crippen LogP contribution in [0.5, 0.6) is 0 Å². The van der Waals surface area contributed by atoms with Crippen molar-refractivity contribution in [2.75, 3.05) is 0 Å². The Morgan fingerprint density at radius 1 is 1.22 bits per heavy atom. The predicted octanol–water partition coefficient (Wildman–Crippen LogP) is 2.33. The first-order valence-corrected chi connectivity index (χ1v) is 6.95. The Bertz CT molecular complexity index is 880. The Labute approximate surface area is 134 Å². The first-order valence-electron chi connectivity index (χ1n) is 6.58. The van der Waals surface area contributed by atoms with Crippen LogP contribution in [-0.4, -0.2) is 25.2 Å². The molecule has 0 aliphatic rings. The highest BCUT2D eigenvalue weighted by Gasteiger charge is 2.19. The van der Waals surface area contributed by atoms with Crippen LogP contribution in [0.15, 0.2) is 24.4 Å². The van der Waals surface area contributed by atoms with Crippen molar-refractivity contribution in [3.63, 3.8) is 0 Å². The van der Waals surface area contributed by atoms with Crippen molar-refractivity contribution in [3.8, 4) is 22.5 Å². The van der Waals surface area contributed by atoms with E-state index in [9.17, 15) is 8.78 Å². The summed E-state index contributed by atoms with van der Waals surface area (Å²) >= 11 is 5.93. The summed E-state index contributed by atoms with van der Waals surface area (Å²) in [5.74, 6) is -1.15. The van der Waals surface area contributed by atoms with Gasteiger partial charge in [-0.25, -0.2) is 8.78 Å². The van der Waals surface area contributed by atoms with Crippen LogP contribution in [0.4, 0.5) is 8.78 Å². The van der Waals surface area contributed by atoms with E-state index in [2.05, 4.69) is 20.4 Å². The van der Waals surface area contributed by atoms with Crippen molar-refractivity contribution in [1.82, 2.24) is 25.2 Å². The highest BCUT2D eigenvalue weighted by Crippen LogP contribution is 2.35. The summed E-state index contributed by atoms with van der Waals surface area (Å²) in [5.41, 5.74) is 6.25. The largest absolute Gasteiger partial charge is 0.325 e. The van der Waals surface area contributed by atoms with Crippen molar-refractivity contribution in [3.05, 3.63) is 46.7 Å². The van der Waals surface area contributed by atoms with E-state index in [0.717, 1.165) is 6.07 Å². The molecule has 0 atom stereocenters. The molecule has 23 heavy (non-hydrogen) atoms. The topological polar surface area (TPSA) is 82.5 Å². The fraction of sp³-hybridized carbons (Fsp3) is 0.143. The summed E-state index contributed by atoms with van der Waals surface area (Å²) < 4.78 is 28.4. The van der Waals surface area contributed by atoms with Gasteiger partial charge in [0.2, 0.25) is 5.82 Å². The van der Waals surface area contributed by atoms with Crippen LogP contribution in [0.2, 0.25) is 5.02 Å². The van der Waals surface area contributed by atoms with Crippen LogP contribution in [0.3, 0.4) is 0 Å². The van der Waals surface area contributed by atoms with Crippen molar-refractivity contribution in [1.29, 1.82) is 0 Å². The molecule has 0 unspecified atom stereocenters. The molecule has 2 heterocycles. The fourth-order valence-electron chi connectivity index (χ4n) is 2.18. The van der Waals surface area contributed by atoms with E-state index in [0.29, 0.717) is 11.1 Å². The monoisotopic (exact) mass is 336 g/mol. The maximum Gasteiger partial charge on any atom is 0.208 e. The van der Waals surface area contributed by atoms with E-state index in [-0.39, 0.29) is 28.6 Å². The van der Waals surface area contributed by atoms with Gasteiger partial charge in [-0.15, -0.1) is 10.2 Å². The second-order valence-corrected chi connectivity index (χ2v) is 5.21. The zero-order chi connectivity index (χ0) is 16.6. The molecule has 0 saturated carbocycles. The Morgan fingerprint density at radius 2 is 2.00 bits per heavy atom.